The number of aryl methyl sites for hydroxylation is 2. The van der Waals surface area contributed by atoms with Gasteiger partial charge < -0.3 is 4.90 Å². The van der Waals surface area contributed by atoms with E-state index in [0.717, 1.165) is 24.1 Å². The summed E-state index contributed by atoms with van der Waals surface area (Å²) in [6, 6.07) is 10.1. The van der Waals surface area contributed by atoms with Gasteiger partial charge in [0.25, 0.3) is 10.0 Å². The Morgan fingerprint density at radius 3 is 2.73 bits per heavy atom. The number of sulfonamides is 1. The first-order chi connectivity index (χ1) is 12.3. The van der Waals surface area contributed by atoms with Gasteiger partial charge in [0, 0.05) is 29.4 Å². The zero-order valence-corrected chi connectivity index (χ0v) is 16.3. The summed E-state index contributed by atoms with van der Waals surface area (Å²) in [5, 5.41) is 0.370. The molecule has 1 N–H and O–H groups in total. The summed E-state index contributed by atoms with van der Waals surface area (Å²) in [7, 11) is -3.74. The topological polar surface area (TPSA) is 66.5 Å². The predicted octanol–water partition coefficient (Wildman–Crippen LogP) is 4.14. The molecule has 0 saturated heterocycles. The van der Waals surface area contributed by atoms with Crippen LogP contribution in [0.4, 0.5) is 11.4 Å². The van der Waals surface area contributed by atoms with Crippen LogP contribution >= 0.6 is 11.6 Å². The molecule has 138 valence electrons. The number of hydrogen-bond acceptors (Lipinski definition) is 3. The number of rotatable bonds is 4. The Hall–Kier alpha value is -2.05. The molecule has 0 spiro atoms. The first-order valence-electron chi connectivity index (χ1n) is 8.54. The zero-order chi connectivity index (χ0) is 18.9. The fourth-order valence-electron chi connectivity index (χ4n) is 3.18. The van der Waals surface area contributed by atoms with Crippen molar-refractivity contribution in [3.8, 4) is 0 Å². The zero-order valence-electron chi connectivity index (χ0n) is 14.8. The molecule has 0 saturated carbocycles. The van der Waals surface area contributed by atoms with Crippen molar-refractivity contribution in [3.05, 3.63) is 52.5 Å². The number of benzene rings is 2. The second-order valence-electron chi connectivity index (χ2n) is 6.36. The monoisotopic (exact) mass is 392 g/mol. The number of halogens is 1. The van der Waals surface area contributed by atoms with Crippen molar-refractivity contribution in [2.45, 2.75) is 38.0 Å². The summed E-state index contributed by atoms with van der Waals surface area (Å²) in [6.45, 7) is 4.27. The van der Waals surface area contributed by atoms with Crippen LogP contribution in [0.3, 0.4) is 0 Å². The van der Waals surface area contributed by atoms with Gasteiger partial charge >= 0.3 is 0 Å². The molecule has 1 aliphatic heterocycles. The average molecular weight is 393 g/mol. The third kappa shape index (κ3) is 3.71. The first kappa shape index (κ1) is 18.7. The number of anilines is 2. The second-order valence-corrected chi connectivity index (χ2v) is 8.45. The Balaban J connectivity index is 1.92. The Morgan fingerprint density at radius 1 is 1.23 bits per heavy atom. The van der Waals surface area contributed by atoms with Crippen molar-refractivity contribution in [1.82, 2.24) is 0 Å². The SMILES string of the molecule is CCC(=O)N1CCCc2cc(NS(=O)(=O)c3cc(Cl)ccc3C)ccc21. The molecule has 0 aliphatic carbocycles. The Morgan fingerprint density at radius 2 is 2.00 bits per heavy atom. The first-order valence-corrected chi connectivity index (χ1v) is 10.4. The number of amides is 1. The molecule has 7 heteroatoms. The molecule has 0 aromatic heterocycles. The Labute approximate surface area is 159 Å². The maximum absolute atomic E-state index is 12.7. The van der Waals surface area contributed by atoms with E-state index in [9.17, 15) is 13.2 Å². The Bertz CT molecular complexity index is 957. The minimum absolute atomic E-state index is 0.0776. The van der Waals surface area contributed by atoms with Crippen LogP contribution in [0.1, 0.15) is 30.9 Å². The van der Waals surface area contributed by atoms with Crippen molar-refractivity contribution in [1.29, 1.82) is 0 Å². The van der Waals surface area contributed by atoms with Crippen LogP contribution in [0.25, 0.3) is 0 Å². The van der Waals surface area contributed by atoms with Crippen LogP contribution in [-0.2, 0) is 21.2 Å². The molecule has 1 amide bonds. The van der Waals surface area contributed by atoms with E-state index in [1.165, 1.54) is 6.07 Å². The van der Waals surface area contributed by atoms with Gasteiger partial charge in [0.2, 0.25) is 5.91 Å². The van der Waals surface area contributed by atoms with Gasteiger partial charge in [0.1, 0.15) is 0 Å². The minimum atomic E-state index is -3.74. The third-order valence-electron chi connectivity index (χ3n) is 4.49. The number of fused-ring (bicyclic) bond motifs is 1. The molecular weight excluding hydrogens is 372 g/mol. The van der Waals surface area contributed by atoms with E-state index in [1.54, 1.807) is 30.0 Å². The van der Waals surface area contributed by atoms with Gasteiger partial charge in [-0.2, -0.15) is 0 Å². The summed E-state index contributed by atoms with van der Waals surface area (Å²) in [4.78, 5) is 14.0. The van der Waals surface area contributed by atoms with Crippen LogP contribution < -0.4 is 9.62 Å². The molecule has 1 heterocycles. The van der Waals surface area contributed by atoms with Crippen molar-refractivity contribution in [3.63, 3.8) is 0 Å². The van der Waals surface area contributed by atoms with E-state index >= 15 is 0 Å². The number of hydrogen-bond donors (Lipinski definition) is 1. The highest BCUT2D eigenvalue weighted by Gasteiger charge is 2.23. The largest absolute Gasteiger partial charge is 0.312 e. The summed E-state index contributed by atoms with van der Waals surface area (Å²) in [5.74, 6) is 0.0776. The number of nitrogens with zero attached hydrogens (tertiary/aromatic N) is 1. The molecular formula is C19H21ClN2O3S. The third-order valence-corrected chi connectivity index (χ3v) is 6.25. The second kappa shape index (κ2) is 7.29. The van der Waals surface area contributed by atoms with Gasteiger partial charge in [-0.05, 0) is 61.2 Å². The van der Waals surface area contributed by atoms with E-state index in [1.807, 2.05) is 19.1 Å². The molecule has 26 heavy (non-hydrogen) atoms. The van der Waals surface area contributed by atoms with Crippen LogP contribution in [-0.4, -0.2) is 20.9 Å². The summed E-state index contributed by atoms with van der Waals surface area (Å²) in [5.41, 5.74) is 2.94. The average Bonchev–Trinajstić information content (AvgIpc) is 2.62. The molecule has 2 aromatic carbocycles. The van der Waals surface area contributed by atoms with Gasteiger partial charge in [-0.15, -0.1) is 0 Å². The molecule has 1 aliphatic rings. The lowest BCUT2D eigenvalue weighted by atomic mass is 10.0. The van der Waals surface area contributed by atoms with Crippen molar-refractivity contribution in [2.75, 3.05) is 16.2 Å². The smallest absolute Gasteiger partial charge is 0.262 e. The molecule has 2 aromatic rings. The lowest BCUT2D eigenvalue weighted by molar-refractivity contribution is -0.118. The van der Waals surface area contributed by atoms with Gasteiger partial charge in [0.15, 0.2) is 0 Å². The van der Waals surface area contributed by atoms with Crippen molar-refractivity contribution >= 4 is 38.9 Å². The molecule has 0 fully saturated rings. The van der Waals surface area contributed by atoms with Crippen LogP contribution in [0.2, 0.25) is 5.02 Å². The maximum Gasteiger partial charge on any atom is 0.262 e. The minimum Gasteiger partial charge on any atom is -0.312 e. The maximum atomic E-state index is 12.7. The highest BCUT2D eigenvalue weighted by Crippen LogP contribution is 2.31. The van der Waals surface area contributed by atoms with Crippen molar-refractivity contribution < 1.29 is 13.2 Å². The lowest BCUT2D eigenvalue weighted by Crippen LogP contribution is -2.34. The van der Waals surface area contributed by atoms with E-state index in [2.05, 4.69) is 4.72 Å². The van der Waals surface area contributed by atoms with Crippen LogP contribution in [0.5, 0.6) is 0 Å². The van der Waals surface area contributed by atoms with Gasteiger partial charge in [0.05, 0.1) is 4.90 Å². The fraction of sp³-hybridized carbons (Fsp3) is 0.316. The fourth-order valence-corrected chi connectivity index (χ4v) is 4.74. The molecule has 0 radical (unpaired) electrons. The molecule has 0 bridgehead atoms. The predicted molar refractivity (Wildman–Crippen MR) is 104 cm³/mol. The highest BCUT2D eigenvalue weighted by molar-refractivity contribution is 7.92. The van der Waals surface area contributed by atoms with Gasteiger partial charge in [-0.1, -0.05) is 24.6 Å². The standard InChI is InChI=1S/C19H21ClN2O3S/c1-3-19(23)22-10-4-5-14-11-16(8-9-17(14)22)21-26(24,25)18-12-15(20)7-6-13(18)2/h6-9,11-12,21H,3-5,10H2,1-2H3. The molecule has 5 nitrogen and oxygen atoms in total. The van der Waals surface area contributed by atoms with E-state index in [-0.39, 0.29) is 10.8 Å². The molecule has 0 atom stereocenters. The number of carbonyl (C=O) groups is 1. The quantitative estimate of drug-likeness (QED) is 0.850. The summed E-state index contributed by atoms with van der Waals surface area (Å²) < 4.78 is 28.1. The van der Waals surface area contributed by atoms with Gasteiger partial charge in [-0.3, -0.25) is 9.52 Å². The summed E-state index contributed by atoms with van der Waals surface area (Å²) in [6.07, 6.45) is 2.12. The normalized spacial score (nSPS) is 14.0. The number of carbonyl (C=O) groups excluding carboxylic acids is 1. The van der Waals surface area contributed by atoms with E-state index in [4.69, 9.17) is 11.6 Å². The van der Waals surface area contributed by atoms with Crippen molar-refractivity contribution in [2.24, 2.45) is 0 Å². The lowest BCUT2D eigenvalue weighted by Gasteiger charge is -2.29. The van der Waals surface area contributed by atoms with Crippen LogP contribution in [0, 0.1) is 6.92 Å². The highest BCUT2D eigenvalue weighted by atomic mass is 35.5. The van der Waals surface area contributed by atoms with E-state index < -0.39 is 10.0 Å². The number of nitrogens with one attached hydrogen (secondary N) is 1. The molecule has 3 rings (SSSR count). The van der Waals surface area contributed by atoms with Gasteiger partial charge in [-0.25, -0.2) is 8.42 Å². The van der Waals surface area contributed by atoms with Crippen LogP contribution in [0.15, 0.2) is 41.3 Å². The van der Waals surface area contributed by atoms with E-state index in [0.29, 0.717) is 29.2 Å². The Kier molecular flexibility index (Phi) is 5.25. The molecule has 0 unspecified atom stereocenters. The summed E-state index contributed by atoms with van der Waals surface area (Å²) >= 11 is 5.95.